The standard InChI is InChI=1S/C6H10F3N/c7-5-2-1-3-10-4-6(5,8)9/h5,10H,1-4H2/t5-/m1/s1. The predicted molar refractivity (Wildman–Crippen MR) is 31.9 cm³/mol. The molecule has 4 heteroatoms. The zero-order valence-electron chi connectivity index (χ0n) is 5.54. The second-order valence-electron chi connectivity index (χ2n) is 2.55. The Morgan fingerprint density at radius 3 is 2.80 bits per heavy atom. The first kappa shape index (κ1) is 7.85. The maximum Gasteiger partial charge on any atom is 0.290 e. The molecule has 10 heavy (non-hydrogen) atoms. The van der Waals surface area contributed by atoms with E-state index in [4.69, 9.17) is 0 Å². The van der Waals surface area contributed by atoms with Gasteiger partial charge in [0.25, 0.3) is 5.92 Å². The Hall–Kier alpha value is -0.250. The van der Waals surface area contributed by atoms with Gasteiger partial charge >= 0.3 is 0 Å². The number of hydrogen-bond acceptors (Lipinski definition) is 1. The first-order valence-electron chi connectivity index (χ1n) is 3.35. The summed E-state index contributed by atoms with van der Waals surface area (Å²) in [4.78, 5) is 0. The van der Waals surface area contributed by atoms with E-state index in [1.807, 2.05) is 0 Å². The van der Waals surface area contributed by atoms with Crippen LogP contribution in [0, 0.1) is 0 Å². The number of nitrogens with one attached hydrogen (secondary N) is 1. The van der Waals surface area contributed by atoms with Crippen LogP contribution in [-0.4, -0.2) is 25.2 Å². The minimum absolute atomic E-state index is 0.0278. The molecule has 1 rings (SSSR count). The van der Waals surface area contributed by atoms with E-state index in [-0.39, 0.29) is 6.42 Å². The van der Waals surface area contributed by atoms with Crippen molar-refractivity contribution in [2.24, 2.45) is 0 Å². The summed E-state index contributed by atoms with van der Waals surface area (Å²) in [6.45, 7) is -0.0236. The Labute approximate surface area is 57.6 Å². The molecule has 1 nitrogen and oxygen atoms in total. The zero-order chi connectivity index (χ0) is 7.61. The zero-order valence-corrected chi connectivity index (χ0v) is 5.54. The van der Waals surface area contributed by atoms with E-state index in [1.165, 1.54) is 0 Å². The molecule has 1 saturated heterocycles. The van der Waals surface area contributed by atoms with Gasteiger partial charge in [0, 0.05) is 0 Å². The van der Waals surface area contributed by atoms with Crippen molar-refractivity contribution in [1.82, 2.24) is 5.32 Å². The number of alkyl halides is 3. The van der Waals surface area contributed by atoms with Crippen molar-refractivity contribution < 1.29 is 13.2 Å². The number of rotatable bonds is 0. The van der Waals surface area contributed by atoms with Crippen molar-refractivity contribution in [2.75, 3.05) is 13.1 Å². The summed E-state index contributed by atoms with van der Waals surface area (Å²) in [6.07, 6.45) is -1.49. The van der Waals surface area contributed by atoms with Gasteiger partial charge < -0.3 is 5.32 Å². The van der Waals surface area contributed by atoms with Crippen LogP contribution in [0.5, 0.6) is 0 Å². The first-order valence-corrected chi connectivity index (χ1v) is 3.35. The molecule has 0 aliphatic carbocycles. The Kier molecular flexibility index (Phi) is 2.18. The molecule has 1 fully saturated rings. The molecular weight excluding hydrogens is 143 g/mol. The van der Waals surface area contributed by atoms with Crippen molar-refractivity contribution in [1.29, 1.82) is 0 Å². The molecule has 1 aliphatic rings. The Balaban J connectivity index is 2.52. The predicted octanol–water partition coefficient (Wildman–Crippen LogP) is 1.34. The molecule has 0 unspecified atom stereocenters. The summed E-state index contributed by atoms with van der Waals surface area (Å²) in [5, 5.41) is 2.48. The molecule has 1 heterocycles. The van der Waals surface area contributed by atoms with E-state index in [0.717, 1.165) is 0 Å². The van der Waals surface area contributed by atoms with E-state index >= 15 is 0 Å². The van der Waals surface area contributed by atoms with Gasteiger partial charge in [-0.1, -0.05) is 0 Å². The van der Waals surface area contributed by atoms with Crippen LogP contribution in [0.25, 0.3) is 0 Å². The summed E-state index contributed by atoms with van der Waals surface area (Å²) in [5.41, 5.74) is 0. The Bertz CT molecular complexity index is 116. The molecule has 0 aromatic carbocycles. The highest BCUT2D eigenvalue weighted by molar-refractivity contribution is 4.82. The van der Waals surface area contributed by atoms with Gasteiger partial charge in [-0.15, -0.1) is 0 Å². The molecule has 1 aliphatic heterocycles. The molecular formula is C6H10F3N. The van der Waals surface area contributed by atoms with Gasteiger partial charge in [-0.2, -0.15) is 0 Å². The van der Waals surface area contributed by atoms with E-state index in [0.29, 0.717) is 13.0 Å². The highest BCUT2D eigenvalue weighted by atomic mass is 19.3. The van der Waals surface area contributed by atoms with Crippen LogP contribution in [0.1, 0.15) is 12.8 Å². The summed E-state index contributed by atoms with van der Waals surface area (Å²) in [7, 11) is 0. The maximum absolute atomic E-state index is 12.4. The monoisotopic (exact) mass is 153 g/mol. The smallest absolute Gasteiger partial charge is 0.290 e. The van der Waals surface area contributed by atoms with Crippen LogP contribution in [-0.2, 0) is 0 Å². The van der Waals surface area contributed by atoms with Crippen molar-refractivity contribution in [3.05, 3.63) is 0 Å². The van der Waals surface area contributed by atoms with Crippen molar-refractivity contribution in [3.63, 3.8) is 0 Å². The highest BCUT2D eigenvalue weighted by Gasteiger charge is 2.40. The fourth-order valence-electron chi connectivity index (χ4n) is 0.983. The lowest BCUT2D eigenvalue weighted by Gasteiger charge is -2.16. The number of hydrogen-bond donors (Lipinski definition) is 1. The Morgan fingerprint density at radius 2 is 2.10 bits per heavy atom. The molecule has 0 aromatic rings. The van der Waals surface area contributed by atoms with E-state index in [9.17, 15) is 13.2 Å². The lowest BCUT2D eigenvalue weighted by molar-refractivity contribution is -0.0658. The van der Waals surface area contributed by atoms with Crippen LogP contribution in [0.2, 0.25) is 0 Å². The molecule has 0 spiro atoms. The summed E-state index contributed by atoms with van der Waals surface area (Å²) in [6, 6.07) is 0. The van der Waals surface area contributed by atoms with Gasteiger partial charge in [0.1, 0.15) is 0 Å². The third kappa shape index (κ3) is 1.62. The first-order chi connectivity index (χ1) is 4.63. The average molecular weight is 153 g/mol. The normalized spacial score (nSPS) is 33.3. The van der Waals surface area contributed by atoms with Gasteiger partial charge in [0.15, 0.2) is 6.17 Å². The molecule has 0 bridgehead atoms. The minimum Gasteiger partial charge on any atom is -0.311 e. The van der Waals surface area contributed by atoms with Crippen molar-refractivity contribution in [2.45, 2.75) is 24.9 Å². The van der Waals surface area contributed by atoms with Crippen LogP contribution >= 0.6 is 0 Å². The lowest BCUT2D eigenvalue weighted by Crippen LogP contribution is -2.37. The molecule has 0 aromatic heterocycles. The van der Waals surface area contributed by atoms with Crippen LogP contribution in [0.15, 0.2) is 0 Å². The van der Waals surface area contributed by atoms with E-state index in [1.54, 1.807) is 0 Å². The summed E-state index contributed by atoms with van der Waals surface area (Å²) in [5.74, 6) is -3.16. The fraction of sp³-hybridized carbons (Fsp3) is 1.00. The molecule has 1 N–H and O–H groups in total. The van der Waals surface area contributed by atoms with Crippen molar-refractivity contribution in [3.8, 4) is 0 Å². The molecule has 0 radical (unpaired) electrons. The quantitative estimate of drug-likeness (QED) is 0.553. The van der Waals surface area contributed by atoms with E-state index in [2.05, 4.69) is 5.32 Å². The summed E-state index contributed by atoms with van der Waals surface area (Å²) < 4.78 is 37.3. The van der Waals surface area contributed by atoms with Gasteiger partial charge in [-0.3, -0.25) is 0 Å². The minimum atomic E-state index is -3.16. The Morgan fingerprint density at radius 1 is 1.40 bits per heavy atom. The maximum atomic E-state index is 12.4. The van der Waals surface area contributed by atoms with Gasteiger partial charge in [0.05, 0.1) is 6.54 Å². The SMILES string of the molecule is F[C@@H]1CCCNCC1(F)F. The molecule has 60 valence electrons. The molecule has 0 saturated carbocycles. The van der Waals surface area contributed by atoms with Crippen LogP contribution in [0.4, 0.5) is 13.2 Å². The van der Waals surface area contributed by atoms with E-state index < -0.39 is 18.6 Å². The second kappa shape index (κ2) is 2.78. The molecule has 1 atom stereocenters. The second-order valence-corrected chi connectivity index (χ2v) is 2.55. The van der Waals surface area contributed by atoms with Gasteiger partial charge in [0.2, 0.25) is 0 Å². The third-order valence-corrected chi connectivity index (χ3v) is 1.63. The lowest BCUT2D eigenvalue weighted by atomic mass is 10.1. The fourth-order valence-corrected chi connectivity index (χ4v) is 0.983. The third-order valence-electron chi connectivity index (χ3n) is 1.63. The van der Waals surface area contributed by atoms with Gasteiger partial charge in [-0.05, 0) is 19.4 Å². The van der Waals surface area contributed by atoms with Gasteiger partial charge in [-0.25, -0.2) is 13.2 Å². The highest BCUT2D eigenvalue weighted by Crippen LogP contribution is 2.25. The largest absolute Gasteiger partial charge is 0.311 e. The van der Waals surface area contributed by atoms with Crippen LogP contribution in [0.3, 0.4) is 0 Å². The number of halogens is 3. The summed E-state index contributed by atoms with van der Waals surface area (Å²) >= 11 is 0. The average Bonchev–Trinajstić information content (AvgIpc) is 1.96. The van der Waals surface area contributed by atoms with Crippen molar-refractivity contribution >= 4 is 0 Å². The molecule has 0 amide bonds. The topological polar surface area (TPSA) is 12.0 Å². The van der Waals surface area contributed by atoms with Crippen LogP contribution < -0.4 is 5.32 Å².